The lowest BCUT2D eigenvalue weighted by Crippen LogP contribution is -2.27. The van der Waals surface area contributed by atoms with Gasteiger partial charge in [-0.05, 0) is 12.5 Å². The van der Waals surface area contributed by atoms with Crippen LogP contribution in [0.5, 0.6) is 0 Å². The second-order valence-corrected chi connectivity index (χ2v) is 3.77. The number of aldehydes is 1. The molecule has 0 aromatic heterocycles. The summed E-state index contributed by atoms with van der Waals surface area (Å²) in [6, 6.07) is 6.83. The predicted octanol–water partition coefficient (Wildman–Crippen LogP) is 2.54. The molecule has 0 saturated carbocycles. The first-order valence-corrected chi connectivity index (χ1v) is 5.65. The lowest BCUT2D eigenvalue weighted by molar-refractivity contribution is 0.0807. The van der Waals surface area contributed by atoms with Crippen LogP contribution in [-0.2, 0) is 0 Å². The molecule has 0 aliphatic heterocycles. The van der Waals surface area contributed by atoms with E-state index in [9.17, 15) is 9.59 Å². The van der Waals surface area contributed by atoms with Crippen LogP contribution in [0.4, 0.5) is 0 Å². The van der Waals surface area contributed by atoms with Crippen molar-refractivity contribution in [3.05, 3.63) is 47.5 Å². The topological polar surface area (TPSA) is 37.4 Å². The fraction of sp³-hybridized carbons (Fsp3) is 0.286. The van der Waals surface area contributed by atoms with Crippen molar-refractivity contribution < 1.29 is 9.59 Å². The van der Waals surface area contributed by atoms with Gasteiger partial charge in [0, 0.05) is 19.2 Å². The fourth-order valence-corrected chi connectivity index (χ4v) is 1.48. The van der Waals surface area contributed by atoms with Crippen LogP contribution >= 0.6 is 0 Å². The van der Waals surface area contributed by atoms with Crippen LogP contribution < -0.4 is 0 Å². The Morgan fingerprint density at radius 3 is 2.65 bits per heavy atom. The quantitative estimate of drug-likeness (QED) is 0.577. The van der Waals surface area contributed by atoms with E-state index in [1.807, 2.05) is 19.1 Å². The molecule has 0 aliphatic rings. The molecule has 0 heterocycles. The summed E-state index contributed by atoms with van der Waals surface area (Å²) >= 11 is 0. The Bertz CT molecular complexity index is 424. The summed E-state index contributed by atoms with van der Waals surface area (Å²) in [5, 5.41) is 0. The molecule has 0 fully saturated rings. The van der Waals surface area contributed by atoms with Crippen molar-refractivity contribution in [1.29, 1.82) is 0 Å². The maximum absolute atomic E-state index is 12.1. The summed E-state index contributed by atoms with van der Waals surface area (Å²) in [7, 11) is 1.73. The Hall–Kier alpha value is -1.90. The molecule has 1 amide bonds. The average Bonchev–Trinajstić information content (AvgIpc) is 2.38. The summed E-state index contributed by atoms with van der Waals surface area (Å²) < 4.78 is 0. The van der Waals surface area contributed by atoms with Crippen LogP contribution in [0.15, 0.2) is 36.4 Å². The number of rotatable bonds is 5. The first-order chi connectivity index (χ1) is 8.20. The van der Waals surface area contributed by atoms with Gasteiger partial charge in [0.05, 0.1) is 5.56 Å². The normalized spacial score (nSPS) is 10.5. The molecule has 0 aliphatic carbocycles. The highest BCUT2D eigenvalue weighted by Crippen LogP contribution is 2.09. The van der Waals surface area contributed by atoms with E-state index in [0.29, 0.717) is 24.0 Å². The molecule has 3 nitrogen and oxygen atoms in total. The van der Waals surface area contributed by atoms with Crippen molar-refractivity contribution in [2.45, 2.75) is 13.3 Å². The summed E-state index contributed by atoms with van der Waals surface area (Å²) in [6.07, 6.45) is 5.62. The smallest absolute Gasteiger partial charge is 0.254 e. The number of benzene rings is 1. The van der Waals surface area contributed by atoms with E-state index >= 15 is 0 Å². The number of nitrogens with zero attached hydrogens (tertiary/aromatic N) is 1. The molecule has 0 atom stereocenters. The largest absolute Gasteiger partial charge is 0.338 e. The van der Waals surface area contributed by atoms with Crippen LogP contribution in [0.2, 0.25) is 0 Å². The number of amides is 1. The molecule has 0 bridgehead atoms. The second kappa shape index (κ2) is 6.63. The van der Waals surface area contributed by atoms with Crippen molar-refractivity contribution in [2.75, 3.05) is 13.6 Å². The van der Waals surface area contributed by atoms with Gasteiger partial charge in [-0.25, -0.2) is 0 Å². The molecular formula is C14H17NO2. The third-order valence-corrected chi connectivity index (χ3v) is 2.45. The number of hydrogen-bond acceptors (Lipinski definition) is 2. The van der Waals surface area contributed by atoms with E-state index in [-0.39, 0.29) is 5.91 Å². The van der Waals surface area contributed by atoms with Gasteiger partial charge < -0.3 is 4.90 Å². The molecule has 1 rings (SSSR count). The Kier molecular flexibility index (Phi) is 5.14. The first kappa shape index (κ1) is 13.2. The van der Waals surface area contributed by atoms with Gasteiger partial charge in [-0.1, -0.05) is 37.3 Å². The van der Waals surface area contributed by atoms with Gasteiger partial charge in [0.15, 0.2) is 6.29 Å². The fourth-order valence-electron chi connectivity index (χ4n) is 1.48. The summed E-state index contributed by atoms with van der Waals surface area (Å²) in [6.45, 7) is 2.60. The Labute approximate surface area is 102 Å². The van der Waals surface area contributed by atoms with Crippen molar-refractivity contribution in [3.8, 4) is 0 Å². The number of likely N-dealkylation sites (N-methyl/N-ethyl adjacent to an activating group) is 1. The highest BCUT2D eigenvalue weighted by atomic mass is 16.2. The summed E-state index contributed by atoms with van der Waals surface area (Å²) in [4.78, 5) is 24.5. The van der Waals surface area contributed by atoms with E-state index in [1.165, 1.54) is 0 Å². The molecule has 17 heavy (non-hydrogen) atoms. The van der Waals surface area contributed by atoms with Crippen LogP contribution in [-0.4, -0.2) is 30.7 Å². The highest BCUT2D eigenvalue weighted by Gasteiger charge is 2.13. The molecule has 0 radical (unpaired) electrons. The number of hydrogen-bond donors (Lipinski definition) is 0. The number of allylic oxidation sites excluding steroid dienone is 1. The minimum absolute atomic E-state index is 0.131. The standard InChI is InChI=1S/C14H17NO2/c1-3-4-7-10-15(2)14(17)13-9-6-5-8-12(13)11-16/h4-9,11H,3,10H2,1-2H3/b7-4+. The van der Waals surface area contributed by atoms with Crippen molar-refractivity contribution in [1.82, 2.24) is 4.90 Å². The zero-order valence-corrected chi connectivity index (χ0v) is 10.2. The summed E-state index contributed by atoms with van der Waals surface area (Å²) in [5.41, 5.74) is 0.888. The first-order valence-electron chi connectivity index (χ1n) is 5.65. The monoisotopic (exact) mass is 231 g/mol. The predicted molar refractivity (Wildman–Crippen MR) is 68.2 cm³/mol. The molecule has 0 saturated heterocycles. The molecule has 0 unspecified atom stereocenters. The maximum Gasteiger partial charge on any atom is 0.254 e. The van der Waals surface area contributed by atoms with Crippen molar-refractivity contribution in [2.24, 2.45) is 0 Å². The van der Waals surface area contributed by atoms with Gasteiger partial charge >= 0.3 is 0 Å². The molecule has 0 N–H and O–H groups in total. The molecule has 0 spiro atoms. The summed E-state index contributed by atoms with van der Waals surface area (Å²) in [5.74, 6) is -0.131. The van der Waals surface area contributed by atoms with Crippen LogP contribution in [0.1, 0.15) is 34.1 Å². The maximum atomic E-state index is 12.1. The van der Waals surface area contributed by atoms with Crippen LogP contribution in [0.3, 0.4) is 0 Å². The van der Waals surface area contributed by atoms with Gasteiger partial charge in [-0.15, -0.1) is 0 Å². The average molecular weight is 231 g/mol. The minimum Gasteiger partial charge on any atom is -0.338 e. The lowest BCUT2D eigenvalue weighted by Gasteiger charge is -2.15. The minimum atomic E-state index is -0.131. The van der Waals surface area contributed by atoms with E-state index in [4.69, 9.17) is 0 Å². The SMILES string of the molecule is CC/C=C/CN(C)C(=O)c1ccccc1C=O. The Morgan fingerprint density at radius 2 is 2.00 bits per heavy atom. The number of carbonyl (C=O) groups is 2. The zero-order chi connectivity index (χ0) is 12.7. The van der Waals surface area contributed by atoms with Crippen molar-refractivity contribution >= 4 is 12.2 Å². The van der Waals surface area contributed by atoms with Crippen molar-refractivity contribution in [3.63, 3.8) is 0 Å². The van der Waals surface area contributed by atoms with Gasteiger partial charge in [-0.2, -0.15) is 0 Å². The Morgan fingerprint density at radius 1 is 1.29 bits per heavy atom. The van der Waals surface area contributed by atoms with Gasteiger partial charge in [0.25, 0.3) is 5.91 Å². The second-order valence-electron chi connectivity index (χ2n) is 3.77. The highest BCUT2D eigenvalue weighted by molar-refractivity contribution is 6.01. The van der Waals surface area contributed by atoms with Crippen LogP contribution in [0.25, 0.3) is 0 Å². The van der Waals surface area contributed by atoms with E-state index < -0.39 is 0 Å². The Balaban J connectivity index is 2.81. The molecule has 1 aromatic carbocycles. The molecule has 3 heteroatoms. The van der Waals surface area contributed by atoms with E-state index in [2.05, 4.69) is 0 Å². The molecular weight excluding hydrogens is 214 g/mol. The van der Waals surface area contributed by atoms with Crippen LogP contribution in [0, 0.1) is 0 Å². The third kappa shape index (κ3) is 3.55. The van der Waals surface area contributed by atoms with E-state index in [0.717, 1.165) is 6.42 Å². The van der Waals surface area contributed by atoms with Gasteiger partial charge in [-0.3, -0.25) is 9.59 Å². The number of carbonyl (C=O) groups excluding carboxylic acids is 2. The molecule has 1 aromatic rings. The zero-order valence-electron chi connectivity index (χ0n) is 10.2. The van der Waals surface area contributed by atoms with Gasteiger partial charge in [0.2, 0.25) is 0 Å². The van der Waals surface area contributed by atoms with E-state index in [1.54, 1.807) is 36.2 Å². The molecule has 90 valence electrons. The van der Waals surface area contributed by atoms with Gasteiger partial charge in [0.1, 0.15) is 0 Å². The lowest BCUT2D eigenvalue weighted by atomic mass is 10.1. The third-order valence-electron chi connectivity index (χ3n) is 2.45.